The molecule has 0 spiro atoms. The molecular formula is C9H9F2NS2. The molecule has 5 heteroatoms. The van der Waals surface area contributed by atoms with Crippen LogP contribution < -0.4 is 0 Å². The summed E-state index contributed by atoms with van der Waals surface area (Å²) in [6, 6.07) is 3.73. The van der Waals surface area contributed by atoms with Crippen LogP contribution in [0.4, 0.5) is 8.78 Å². The molecular weight excluding hydrogens is 224 g/mol. The van der Waals surface area contributed by atoms with E-state index in [1.165, 1.54) is 17.8 Å². The predicted molar refractivity (Wildman–Crippen MR) is 58.5 cm³/mol. The normalized spacial score (nSPS) is 10.0. The van der Waals surface area contributed by atoms with Crippen LogP contribution in [-0.4, -0.2) is 23.3 Å². The van der Waals surface area contributed by atoms with E-state index in [1.807, 2.05) is 0 Å². The molecule has 0 aliphatic carbocycles. The molecule has 0 bridgehead atoms. The minimum atomic E-state index is -0.850. The fourth-order valence-electron chi connectivity index (χ4n) is 0.732. The van der Waals surface area contributed by atoms with Crippen molar-refractivity contribution in [2.45, 2.75) is 4.90 Å². The quantitative estimate of drug-likeness (QED) is 0.542. The van der Waals surface area contributed by atoms with Crippen molar-refractivity contribution in [3.05, 3.63) is 29.8 Å². The lowest BCUT2D eigenvalue weighted by molar-refractivity contribution is 0.506. The number of nitrogens with zero attached hydrogens (tertiary/aromatic N) is 1. The summed E-state index contributed by atoms with van der Waals surface area (Å²) in [7, 11) is 3.60. The van der Waals surface area contributed by atoms with Crippen molar-refractivity contribution in [1.29, 1.82) is 0 Å². The van der Waals surface area contributed by atoms with Crippen LogP contribution in [-0.2, 0) is 0 Å². The molecule has 0 fully saturated rings. The van der Waals surface area contributed by atoms with Crippen molar-refractivity contribution < 1.29 is 8.78 Å². The molecule has 0 saturated heterocycles. The first-order valence-corrected chi connectivity index (χ1v) is 5.07. The maximum absolute atomic E-state index is 12.8. The standard InChI is InChI=1S/C9H9F2NS2/c1-12(2)9(13)14-6-3-4-7(10)8(11)5-6/h3-5H,1-2H3. The Morgan fingerprint density at radius 1 is 1.29 bits per heavy atom. The number of halogens is 2. The number of benzene rings is 1. The third-order valence-electron chi connectivity index (χ3n) is 1.46. The molecule has 1 rings (SSSR count). The van der Waals surface area contributed by atoms with Gasteiger partial charge in [0, 0.05) is 19.0 Å². The molecule has 0 aliphatic heterocycles. The second-order valence-electron chi connectivity index (χ2n) is 2.84. The summed E-state index contributed by atoms with van der Waals surface area (Å²) in [5.74, 6) is -1.69. The highest BCUT2D eigenvalue weighted by atomic mass is 32.2. The Morgan fingerprint density at radius 2 is 1.93 bits per heavy atom. The first-order chi connectivity index (χ1) is 6.50. The second kappa shape index (κ2) is 4.70. The Hall–Kier alpha value is -0.680. The van der Waals surface area contributed by atoms with Gasteiger partial charge in [-0.1, -0.05) is 24.0 Å². The Bertz CT molecular complexity index is 353. The Kier molecular flexibility index (Phi) is 3.83. The van der Waals surface area contributed by atoms with Crippen LogP contribution in [0.3, 0.4) is 0 Å². The smallest absolute Gasteiger partial charge is 0.159 e. The maximum Gasteiger partial charge on any atom is 0.159 e. The monoisotopic (exact) mass is 233 g/mol. The van der Waals surface area contributed by atoms with Crippen LogP contribution in [0.1, 0.15) is 0 Å². The summed E-state index contributed by atoms with van der Waals surface area (Å²) in [4.78, 5) is 2.34. The first-order valence-electron chi connectivity index (χ1n) is 3.85. The highest BCUT2D eigenvalue weighted by Crippen LogP contribution is 2.22. The fourth-order valence-corrected chi connectivity index (χ4v) is 1.70. The van der Waals surface area contributed by atoms with Gasteiger partial charge in [0.2, 0.25) is 0 Å². The minimum Gasteiger partial charge on any atom is -0.363 e. The van der Waals surface area contributed by atoms with Gasteiger partial charge in [0.25, 0.3) is 0 Å². The maximum atomic E-state index is 12.8. The van der Waals surface area contributed by atoms with E-state index in [4.69, 9.17) is 12.2 Å². The average molecular weight is 233 g/mol. The molecule has 0 aliphatic rings. The molecule has 0 N–H and O–H groups in total. The van der Waals surface area contributed by atoms with E-state index in [1.54, 1.807) is 19.0 Å². The summed E-state index contributed by atoms with van der Waals surface area (Å²) in [6.07, 6.45) is 0. The summed E-state index contributed by atoms with van der Waals surface area (Å²) in [5.41, 5.74) is 0. The number of thioether (sulfide) groups is 1. The van der Waals surface area contributed by atoms with Crippen LogP contribution in [0.5, 0.6) is 0 Å². The molecule has 0 amide bonds. The first kappa shape index (κ1) is 11.4. The molecule has 0 radical (unpaired) electrons. The average Bonchev–Trinajstić information content (AvgIpc) is 2.11. The molecule has 0 heterocycles. The van der Waals surface area contributed by atoms with E-state index in [0.29, 0.717) is 9.22 Å². The van der Waals surface area contributed by atoms with Gasteiger partial charge in [-0.15, -0.1) is 0 Å². The Labute approximate surface area is 91.1 Å². The number of hydrogen-bond acceptors (Lipinski definition) is 2. The summed E-state index contributed by atoms with van der Waals surface area (Å²) in [5, 5.41) is 0. The van der Waals surface area contributed by atoms with E-state index in [2.05, 4.69) is 0 Å². The van der Waals surface area contributed by atoms with Gasteiger partial charge >= 0.3 is 0 Å². The largest absolute Gasteiger partial charge is 0.363 e. The Balaban J connectivity index is 2.78. The van der Waals surface area contributed by atoms with Gasteiger partial charge in [-0.3, -0.25) is 0 Å². The van der Waals surface area contributed by atoms with Crippen molar-refractivity contribution in [2.24, 2.45) is 0 Å². The molecule has 0 atom stereocenters. The zero-order valence-corrected chi connectivity index (χ0v) is 9.38. The predicted octanol–water partition coefficient (Wildman–Crippen LogP) is 2.90. The third kappa shape index (κ3) is 2.92. The number of hydrogen-bond donors (Lipinski definition) is 0. The van der Waals surface area contributed by atoms with Crippen molar-refractivity contribution in [3.63, 3.8) is 0 Å². The van der Waals surface area contributed by atoms with Crippen LogP contribution in [0, 0.1) is 11.6 Å². The van der Waals surface area contributed by atoms with E-state index >= 15 is 0 Å². The van der Waals surface area contributed by atoms with E-state index in [9.17, 15) is 8.78 Å². The lowest BCUT2D eigenvalue weighted by Gasteiger charge is -2.12. The van der Waals surface area contributed by atoms with Crippen molar-refractivity contribution >= 4 is 28.3 Å². The molecule has 0 saturated carbocycles. The summed E-state index contributed by atoms with van der Waals surface area (Å²) >= 11 is 6.23. The molecule has 0 unspecified atom stereocenters. The lowest BCUT2D eigenvalue weighted by atomic mass is 10.3. The minimum absolute atomic E-state index is 0.600. The molecule has 1 aromatic rings. The molecule has 14 heavy (non-hydrogen) atoms. The molecule has 0 aromatic heterocycles. The van der Waals surface area contributed by atoms with Gasteiger partial charge in [-0.05, 0) is 18.2 Å². The van der Waals surface area contributed by atoms with Crippen molar-refractivity contribution in [3.8, 4) is 0 Å². The topological polar surface area (TPSA) is 3.24 Å². The van der Waals surface area contributed by atoms with Gasteiger partial charge in [0.1, 0.15) is 4.32 Å². The van der Waals surface area contributed by atoms with Crippen LogP contribution in [0.2, 0.25) is 0 Å². The summed E-state index contributed by atoms with van der Waals surface area (Å²) in [6.45, 7) is 0. The Morgan fingerprint density at radius 3 is 2.43 bits per heavy atom. The van der Waals surface area contributed by atoms with Crippen molar-refractivity contribution in [1.82, 2.24) is 4.90 Å². The lowest BCUT2D eigenvalue weighted by Crippen LogP contribution is -2.15. The van der Waals surface area contributed by atoms with Gasteiger partial charge < -0.3 is 4.90 Å². The number of thiocarbonyl (C=S) groups is 1. The summed E-state index contributed by atoms with van der Waals surface area (Å²) < 4.78 is 26.0. The fraction of sp³-hybridized carbons (Fsp3) is 0.222. The van der Waals surface area contributed by atoms with Gasteiger partial charge in [-0.2, -0.15) is 0 Å². The highest BCUT2D eigenvalue weighted by Gasteiger charge is 2.06. The van der Waals surface area contributed by atoms with E-state index < -0.39 is 11.6 Å². The molecule has 76 valence electrons. The van der Waals surface area contributed by atoms with Gasteiger partial charge in [-0.25, -0.2) is 8.78 Å². The van der Waals surface area contributed by atoms with Gasteiger partial charge in [0.15, 0.2) is 11.6 Å². The zero-order valence-electron chi connectivity index (χ0n) is 7.75. The number of rotatable bonds is 1. The van der Waals surface area contributed by atoms with Crippen molar-refractivity contribution in [2.75, 3.05) is 14.1 Å². The molecule has 1 nitrogen and oxygen atoms in total. The second-order valence-corrected chi connectivity index (χ2v) is 4.55. The van der Waals surface area contributed by atoms with E-state index in [-0.39, 0.29) is 0 Å². The van der Waals surface area contributed by atoms with Gasteiger partial charge in [0.05, 0.1) is 0 Å². The van der Waals surface area contributed by atoms with Crippen LogP contribution >= 0.6 is 24.0 Å². The third-order valence-corrected chi connectivity index (χ3v) is 3.11. The zero-order chi connectivity index (χ0) is 10.7. The molecule has 1 aromatic carbocycles. The highest BCUT2D eigenvalue weighted by molar-refractivity contribution is 8.22. The SMILES string of the molecule is CN(C)C(=S)Sc1ccc(F)c(F)c1. The van der Waals surface area contributed by atoms with Crippen LogP contribution in [0.25, 0.3) is 0 Å². The van der Waals surface area contributed by atoms with E-state index in [0.717, 1.165) is 12.1 Å². The van der Waals surface area contributed by atoms with Crippen LogP contribution in [0.15, 0.2) is 23.1 Å².